The zero-order chi connectivity index (χ0) is 25.8. The highest BCUT2D eigenvalue weighted by Crippen LogP contribution is 2.34. The Hall–Kier alpha value is -1.85. The van der Waals surface area contributed by atoms with E-state index in [9.17, 15) is 0 Å². The van der Waals surface area contributed by atoms with E-state index in [1.165, 1.54) is 53.2 Å². The number of aromatic nitrogens is 3. The van der Waals surface area contributed by atoms with Gasteiger partial charge >= 0.3 is 0 Å². The monoisotopic (exact) mass is 511 g/mol. The predicted octanol–water partition coefficient (Wildman–Crippen LogP) is 9.45. The maximum Gasteiger partial charge on any atom is 0.169 e. The van der Waals surface area contributed by atoms with Gasteiger partial charge in [-0.15, -0.1) is 11.3 Å². The van der Waals surface area contributed by atoms with Gasteiger partial charge in [0, 0.05) is 23.2 Å². The molecule has 0 unspecified atom stereocenters. The summed E-state index contributed by atoms with van der Waals surface area (Å²) in [5.74, 6) is 4.33. The molecule has 0 amide bonds. The van der Waals surface area contributed by atoms with Gasteiger partial charge in [-0.05, 0) is 70.0 Å². The second kappa shape index (κ2) is 15.3. The maximum atomic E-state index is 5.10. The highest BCUT2D eigenvalue weighted by molar-refractivity contribution is 7.99. The first kappa shape index (κ1) is 29.4. The second-order valence-electron chi connectivity index (χ2n) is 9.26. The summed E-state index contributed by atoms with van der Waals surface area (Å²) in [5, 5.41) is 3.20. The minimum Gasteiger partial charge on any atom is -0.326 e. The van der Waals surface area contributed by atoms with Crippen molar-refractivity contribution in [3.63, 3.8) is 0 Å². The fraction of sp³-hybridized carbons (Fsp3) is 0.533. The molecule has 1 saturated heterocycles. The molecule has 0 aromatic carbocycles. The Balaban J connectivity index is 0.00000137. The van der Waals surface area contributed by atoms with E-state index in [2.05, 4.69) is 88.9 Å². The van der Waals surface area contributed by atoms with Crippen LogP contribution in [0.4, 0.5) is 0 Å². The Morgan fingerprint density at radius 3 is 2.46 bits per heavy atom. The van der Waals surface area contributed by atoms with Crippen molar-refractivity contribution >= 4 is 28.7 Å². The van der Waals surface area contributed by atoms with Crippen LogP contribution in [0.25, 0.3) is 16.4 Å². The molecule has 3 rings (SSSR count). The van der Waals surface area contributed by atoms with Gasteiger partial charge in [0.05, 0.1) is 11.4 Å². The number of hydrogen-bond acceptors (Lipinski definition) is 4. The Kier molecular flexibility index (Phi) is 12.8. The van der Waals surface area contributed by atoms with Gasteiger partial charge in [-0.3, -0.25) is 0 Å². The summed E-state index contributed by atoms with van der Waals surface area (Å²) >= 11 is 3.79. The average molecular weight is 512 g/mol. The van der Waals surface area contributed by atoms with Crippen molar-refractivity contribution in [2.45, 2.75) is 87.1 Å². The third kappa shape index (κ3) is 8.08. The zero-order valence-corrected chi connectivity index (χ0v) is 24.6. The van der Waals surface area contributed by atoms with Gasteiger partial charge in [-0.1, -0.05) is 70.1 Å². The summed E-state index contributed by atoms with van der Waals surface area (Å²) in [5.41, 5.74) is 7.24. The number of hydrogen-bond donors (Lipinski definition) is 0. The maximum absolute atomic E-state index is 5.10. The summed E-state index contributed by atoms with van der Waals surface area (Å²) in [7, 11) is 0. The van der Waals surface area contributed by atoms with Crippen LogP contribution in [0.15, 0.2) is 47.4 Å². The van der Waals surface area contributed by atoms with Gasteiger partial charge in [-0.2, -0.15) is 11.8 Å². The van der Waals surface area contributed by atoms with Crippen molar-refractivity contribution in [2.75, 3.05) is 11.5 Å². The van der Waals surface area contributed by atoms with Gasteiger partial charge in [0.15, 0.2) is 10.8 Å². The number of thiazole rings is 1. The number of nitrogens with zero attached hydrogens (tertiary/aromatic N) is 3. The van der Waals surface area contributed by atoms with E-state index < -0.39 is 0 Å². The molecule has 0 atom stereocenters. The lowest BCUT2D eigenvalue weighted by atomic mass is 9.95. The Morgan fingerprint density at radius 2 is 1.86 bits per heavy atom. The van der Waals surface area contributed by atoms with Crippen LogP contribution in [0.1, 0.15) is 83.8 Å². The lowest BCUT2D eigenvalue weighted by Gasteiger charge is -2.23. The van der Waals surface area contributed by atoms with Crippen LogP contribution in [-0.4, -0.2) is 26.0 Å². The molecule has 3 heterocycles. The zero-order valence-electron chi connectivity index (χ0n) is 23.0. The first-order valence-corrected chi connectivity index (χ1v) is 15.2. The molecule has 0 N–H and O–H groups in total. The van der Waals surface area contributed by atoms with Crippen LogP contribution >= 0.6 is 23.1 Å². The fourth-order valence-electron chi connectivity index (χ4n) is 4.31. The van der Waals surface area contributed by atoms with Crippen molar-refractivity contribution in [3.05, 3.63) is 64.5 Å². The molecule has 0 radical (unpaired) electrons. The third-order valence-electron chi connectivity index (χ3n) is 6.27. The van der Waals surface area contributed by atoms with Gasteiger partial charge in [0.1, 0.15) is 0 Å². The van der Waals surface area contributed by atoms with Crippen LogP contribution < -0.4 is 0 Å². The van der Waals surface area contributed by atoms with E-state index in [-0.39, 0.29) is 0 Å². The number of thioether (sulfide) groups is 1. The van der Waals surface area contributed by atoms with E-state index >= 15 is 0 Å². The van der Waals surface area contributed by atoms with Crippen molar-refractivity contribution < 1.29 is 0 Å². The van der Waals surface area contributed by atoms with Gasteiger partial charge in [-0.25, -0.2) is 9.97 Å². The van der Waals surface area contributed by atoms with Crippen LogP contribution in [0.2, 0.25) is 0 Å². The number of imidazole rings is 1. The fourth-order valence-corrected chi connectivity index (χ4v) is 6.32. The van der Waals surface area contributed by atoms with Gasteiger partial charge < -0.3 is 4.57 Å². The van der Waals surface area contributed by atoms with E-state index in [1.807, 2.05) is 12.2 Å². The van der Waals surface area contributed by atoms with Crippen LogP contribution in [0.5, 0.6) is 0 Å². The third-order valence-corrected chi connectivity index (χ3v) is 8.16. The molecule has 0 saturated carbocycles. The highest BCUT2D eigenvalue weighted by Gasteiger charge is 2.22. The smallest absolute Gasteiger partial charge is 0.169 e. The minimum atomic E-state index is 0.739. The molecule has 1 aliphatic heterocycles. The summed E-state index contributed by atoms with van der Waals surface area (Å²) in [6.45, 7) is 20.0. The quantitative estimate of drug-likeness (QED) is 0.314. The molecule has 0 aliphatic carbocycles. The molecule has 35 heavy (non-hydrogen) atoms. The molecule has 0 spiro atoms. The summed E-state index contributed by atoms with van der Waals surface area (Å²) in [6, 6.07) is 0. The molecular formula is C30H45N3S2. The number of allylic oxidation sites excluding steroid dienone is 7. The number of rotatable bonds is 9. The first-order valence-electron chi connectivity index (χ1n) is 13.1. The normalized spacial score (nSPS) is 15.7. The minimum absolute atomic E-state index is 0.739. The molecule has 1 aliphatic rings. The molecule has 3 nitrogen and oxygen atoms in total. The predicted molar refractivity (Wildman–Crippen MR) is 159 cm³/mol. The second-order valence-corrected chi connectivity index (χ2v) is 11.3. The largest absolute Gasteiger partial charge is 0.326 e. The van der Waals surface area contributed by atoms with E-state index in [1.54, 1.807) is 11.3 Å². The Labute approximate surface area is 222 Å². The van der Waals surface area contributed by atoms with Crippen LogP contribution in [-0.2, 0) is 6.54 Å². The molecule has 192 valence electrons. The molecule has 1 fully saturated rings. The number of aryl methyl sites for hydroxylation is 1. The highest BCUT2D eigenvalue weighted by atomic mass is 32.2. The summed E-state index contributed by atoms with van der Waals surface area (Å²) < 4.78 is 2.42. The van der Waals surface area contributed by atoms with Crippen molar-refractivity contribution in [3.8, 4) is 10.8 Å². The lowest BCUT2D eigenvalue weighted by molar-refractivity contribution is 0.415. The Morgan fingerprint density at radius 1 is 1.17 bits per heavy atom. The molecule has 5 heteroatoms. The standard InChI is InChI=1S/C27H37N3S2.C3H8/c1-7-10-12-24(19(4)11-8-2)23(9-3)25-18-32-27(29-25)26-28-20(5)21(6)30(26)17-22-13-15-31-16-14-22;1-3-2/h7,9-10,12,18,22H,1,8,11,13-17H2,2-6H3;3H2,1-2H3/b12-10-,23-9+,24-19-;. The summed E-state index contributed by atoms with van der Waals surface area (Å²) in [6.07, 6.45) is 14.3. The van der Waals surface area contributed by atoms with Crippen LogP contribution in [0.3, 0.4) is 0 Å². The van der Waals surface area contributed by atoms with E-state index in [0.717, 1.165) is 47.5 Å². The average Bonchev–Trinajstić information content (AvgIpc) is 3.43. The Bertz CT molecular complexity index is 1030. The van der Waals surface area contributed by atoms with Crippen LogP contribution in [0, 0.1) is 19.8 Å². The van der Waals surface area contributed by atoms with E-state index in [0.29, 0.717) is 0 Å². The molecular weight excluding hydrogens is 466 g/mol. The lowest BCUT2D eigenvalue weighted by Crippen LogP contribution is -2.17. The van der Waals surface area contributed by atoms with Crippen molar-refractivity contribution in [2.24, 2.45) is 5.92 Å². The van der Waals surface area contributed by atoms with E-state index in [4.69, 9.17) is 9.97 Å². The van der Waals surface area contributed by atoms with Gasteiger partial charge in [0.2, 0.25) is 0 Å². The summed E-state index contributed by atoms with van der Waals surface area (Å²) in [4.78, 5) is 10.1. The van der Waals surface area contributed by atoms with Crippen molar-refractivity contribution in [1.82, 2.24) is 14.5 Å². The molecule has 0 bridgehead atoms. The first-order chi connectivity index (χ1) is 16.9. The molecule has 2 aromatic rings. The van der Waals surface area contributed by atoms with Gasteiger partial charge in [0.25, 0.3) is 0 Å². The van der Waals surface area contributed by atoms with Crippen molar-refractivity contribution in [1.29, 1.82) is 0 Å². The SMILES string of the molecule is C=C\C=C/C(=C(\C)CCC)C(=C\C)/c1csc(-c2nc(C)c(C)n2CC2CCSCC2)n1.CCC. The topological polar surface area (TPSA) is 30.7 Å². The molecule has 2 aromatic heterocycles.